The molecule has 0 aliphatic carbocycles. The molecule has 0 saturated carbocycles. The van der Waals surface area contributed by atoms with Crippen molar-refractivity contribution in [2.45, 2.75) is 6.54 Å². The summed E-state index contributed by atoms with van der Waals surface area (Å²) in [5, 5.41) is 12.6. The first-order chi connectivity index (χ1) is 12.7. The Labute approximate surface area is 161 Å². The van der Waals surface area contributed by atoms with Crippen molar-refractivity contribution < 1.29 is 18.6 Å². The minimum atomic E-state index is -0.427. The molecule has 27 heavy (non-hydrogen) atoms. The lowest BCUT2D eigenvalue weighted by molar-refractivity contribution is 0.0944. The van der Waals surface area contributed by atoms with Gasteiger partial charge >= 0.3 is 0 Å². The molecule has 3 aromatic rings. The number of carbonyl (C=O) groups excluding carboxylic acids is 1. The number of anilines is 1. The molecule has 0 aliphatic heterocycles. The number of carbonyl (C=O) groups is 1. The number of rotatable bonds is 8. The van der Waals surface area contributed by atoms with Gasteiger partial charge in [-0.2, -0.15) is 0 Å². The molecule has 2 aromatic heterocycles. The van der Waals surface area contributed by atoms with Crippen LogP contribution < -0.4 is 21.1 Å². The van der Waals surface area contributed by atoms with Crippen LogP contribution in [0.4, 0.5) is 5.82 Å². The summed E-state index contributed by atoms with van der Waals surface area (Å²) in [5.41, 5.74) is 6.38. The molecule has 0 spiro atoms. The third-order valence-electron chi connectivity index (χ3n) is 3.63. The van der Waals surface area contributed by atoms with Crippen molar-refractivity contribution in [3.05, 3.63) is 47.9 Å². The highest BCUT2D eigenvalue weighted by Gasteiger charge is 2.14. The quantitative estimate of drug-likeness (QED) is 0.494. The van der Waals surface area contributed by atoms with Crippen molar-refractivity contribution in [3.63, 3.8) is 0 Å². The Hall–Kier alpha value is -3.04. The number of methoxy groups -OCH3 is 1. The van der Waals surface area contributed by atoms with Crippen LogP contribution in [0.15, 0.2) is 45.4 Å². The molecule has 1 aromatic carbocycles. The summed E-state index contributed by atoms with van der Waals surface area (Å²) in [6, 6.07) is 11.5. The second-order valence-electron chi connectivity index (χ2n) is 5.43. The summed E-state index contributed by atoms with van der Waals surface area (Å²) in [6.45, 7) is 1.48. The summed E-state index contributed by atoms with van der Waals surface area (Å²) >= 11 is 0. The van der Waals surface area contributed by atoms with Gasteiger partial charge in [-0.25, -0.2) is 4.63 Å². The highest BCUT2D eigenvalue weighted by molar-refractivity contribution is 5.95. The van der Waals surface area contributed by atoms with Gasteiger partial charge in [0.1, 0.15) is 17.3 Å². The number of nitrogens with two attached hydrogens (primary N) is 1. The first-order valence-electron chi connectivity index (χ1n) is 7.97. The minimum absolute atomic E-state index is 0. The minimum Gasteiger partial charge on any atom is -0.497 e. The molecule has 0 radical (unpaired) electrons. The van der Waals surface area contributed by atoms with E-state index in [1.165, 1.54) is 0 Å². The fraction of sp³-hybridized carbons (Fsp3) is 0.235. The standard InChI is InChI=1S/C17H19N5O4.ClH/c1-24-12-4-2-3-11(9-12)14-6-5-13(25-14)10-19-7-8-20-17(23)15-16(18)22-26-21-15;/h2-6,9,19H,7-8,10H2,1H3,(H2,18,22)(H,20,23);1H. The predicted molar refractivity (Wildman–Crippen MR) is 101 cm³/mol. The fourth-order valence-corrected chi connectivity index (χ4v) is 2.32. The zero-order chi connectivity index (χ0) is 18.4. The second kappa shape index (κ2) is 9.60. The highest BCUT2D eigenvalue weighted by Crippen LogP contribution is 2.25. The molecule has 0 saturated heterocycles. The van der Waals surface area contributed by atoms with E-state index in [0.29, 0.717) is 19.6 Å². The van der Waals surface area contributed by atoms with Gasteiger partial charge in [-0.1, -0.05) is 12.1 Å². The number of hydrogen-bond acceptors (Lipinski definition) is 8. The number of hydrogen-bond donors (Lipinski definition) is 3. The van der Waals surface area contributed by atoms with Crippen LogP contribution in [0.25, 0.3) is 11.3 Å². The smallest absolute Gasteiger partial charge is 0.277 e. The molecule has 0 aliphatic rings. The van der Waals surface area contributed by atoms with Gasteiger partial charge in [0.25, 0.3) is 5.91 Å². The molecule has 0 unspecified atom stereocenters. The molecule has 0 fully saturated rings. The number of nitrogens with one attached hydrogen (secondary N) is 2. The van der Waals surface area contributed by atoms with Crippen molar-refractivity contribution >= 4 is 24.1 Å². The van der Waals surface area contributed by atoms with Crippen LogP contribution in [-0.2, 0) is 6.54 Å². The zero-order valence-electron chi connectivity index (χ0n) is 14.6. The van der Waals surface area contributed by atoms with Gasteiger partial charge in [0.2, 0.25) is 11.5 Å². The van der Waals surface area contributed by atoms with Crippen molar-refractivity contribution in [3.8, 4) is 17.1 Å². The highest BCUT2D eigenvalue weighted by atomic mass is 35.5. The number of furan rings is 1. The first kappa shape index (κ1) is 20.3. The monoisotopic (exact) mass is 393 g/mol. The number of nitrogens with zero attached hydrogens (tertiary/aromatic N) is 2. The number of halogens is 1. The lowest BCUT2D eigenvalue weighted by atomic mass is 10.2. The van der Waals surface area contributed by atoms with Crippen LogP contribution in [0, 0.1) is 0 Å². The Morgan fingerprint density at radius 1 is 1.22 bits per heavy atom. The maximum Gasteiger partial charge on any atom is 0.277 e. The molecule has 10 heteroatoms. The van der Waals surface area contributed by atoms with Gasteiger partial charge in [0.15, 0.2) is 0 Å². The molecular weight excluding hydrogens is 374 g/mol. The maximum absolute atomic E-state index is 11.8. The molecular formula is C17H20ClN5O4. The number of nitrogen functional groups attached to an aromatic ring is 1. The van der Waals surface area contributed by atoms with E-state index >= 15 is 0 Å². The lowest BCUT2D eigenvalue weighted by Gasteiger charge is -2.04. The lowest BCUT2D eigenvalue weighted by Crippen LogP contribution is -2.32. The summed E-state index contributed by atoms with van der Waals surface area (Å²) in [5.74, 6) is 1.87. The van der Waals surface area contributed by atoms with E-state index in [0.717, 1.165) is 22.8 Å². The normalized spacial score (nSPS) is 10.3. The summed E-state index contributed by atoms with van der Waals surface area (Å²) in [7, 11) is 1.63. The Bertz CT molecular complexity index is 880. The van der Waals surface area contributed by atoms with Crippen LogP contribution in [0.2, 0.25) is 0 Å². The van der Waals surface area contributed by atoms with Crippen molar-refractivity contribution in [2.24, 2.45) is 0 Å². The first-order valence-corrected chi connectivity index (χ1v) is 7.97. The van der Waals surface area contributed by atoms with Gasteiger partial charge in [0.05, 0.1) is 13.7 Å². The van der Waals surface area contributed by atoms with Gasteiger partial charge in [-0.15, -0.1) is 12.4 Å². The van der Waals surface area contributed by atoms with Gasteiger partial charge < -0.3 is 25.5 Å². The molecule has 4 N–H and O–H groups in total. The molecule has 0 bridgehead atoms. The van der Waals surface area contributed by atoms with E-state index in [-0.39, 0.29) is 23.9 Å². The average molecular weight is 394 g/mol. The van der Waals surface area contributed by atoms with E-state index in [2.05, 4.69) is 25.6 Å². The number of amides is 1. The Morgan fingerprint density at radius 2 is 2.07 bits per heavy atom. The van der Waals surface area contributed by atoms with Gasteiger partial charge in [-0.3, -0.25) is 4.79 Å². The number of ether oxygens (including phenoxy) is 1. The number of aromatic nitrogens is 2. The average Bonchev–Trinajstić information content (AvgIpc) is 3.30. The summed E-state index contributed by atoms with van der Waals surface area (Å²) in [4.78, 5) is 11.8. The molecule has 9 nitrogen and oxygen atoms in total. The second-order valence-corrected chi connectivity index (χ2v) is 5.43. The molecule has 1 amide bonds. The number of benzene rings is 1. The van der Waals surface area contributed by atoms with E-state index in [1.54, 1.807) is 7.11 Å². The largest absolute Gasteiger partial charge is 0.497 e. The van der Waals surface area contributed by atoms with E-state index in [9.17, 15) is 4.79 Å². The maximum atomic E-state index is 11.8. The summed E-state index contributed by atoms with van der Waals surface area (Å²) < 4.78 is 15.4. The van der Waals surface area contributed by atoms with Crippen LogP contribution >= 0.6 is 12.4 Å². The van der Waals surface area contributed by atoms with Crippen LogP contribution in [-0.4, -0.2) is 36.4 Å². The van der Waals surface area contributed by atoms with Crippen LogP contribution in [0.5, 0.6) is 5.75 Å². The van der Waals surface area contributed by atoms with Crippen LogP contribution in [0.1, 0.15) is 16.2 Å². The molecule has 144 valence electrons. The Morgan fingerprint density at radius 3 is 2.81 bits per heavy atom. The topological polar surface area (TPSA) is 128 Å². The van der Waals surface area contributed by atoms with Crippen molar-refractivity contribution in [1.82, 2.24) is 20.9 Å². The zero-order valence-corrected chi connectivity index (χ0v) is 15.4. The van der Waals surface area contributed by atoms with Crippen molar-refractivity contribution in [1.29, 1.82) is 0 Å². The molecule has 3 rings (SSSR count). The molecule has 0 atom stereocenters. The van der Waals surface area contributed by atoms with Crippen LogP contribution in [0.3, 0.4) is 0 Å². The fourth-order valence-electron chi connectivity index (χ4n) is 2.32. The third-order valence-corrected chi connectivity index (χ3v) is 3.63. The SMILES string of the molecule is COc1cccc(-c2ccc(CNCCNC(=O)c3nonc3N)o2)c1.Cl. The van der Waals surface area contributed by atoms with Gasteiger partial charge in [0, 0.05) is 18.7 Å². The van der Waals surface area contributed by atoms with E-state index < -0.39 is 5.91 Å². The predicted octanol–water partition coefficient (Wildman–Crippen LogP) is 1.86. The Balaban J connectivity index is 0.00000261. The van der Waals surface area contributed by atoms with E-state index in [1.807, 2.05) is 36.4 Å². The summed E-state index contributed by atoms with van der Waals surface area (Å²) in [6.07, 6.45) is 0. The van der Waals surface area contributed by atoms with Gasteiger partial charge in [-0.05, 0) is 34.6 Å². The van der Waals surface area contributed by atoms with Crippen molar-refractivity contribution in [2.75, 3.05) is 25.9 Å². The molecule has 2 heterocycles. The third kappa shape index (κ3) is 5.22. The Kier molecular flexibility index (Phi) is 7.21. The van der Waals surface area contributed by atoms with E-state index in [4.69, 9.17) is 14.9 Å².